The fraction of sp³-hybridized carbons (Fsp3) is 0.333. The molecule has 0 atom stereocenters. The van der Waals surface area contributed by atoms with E-state index in [-0.39, 0.29) is 0 Å². The third kappa shape index (κ3) is 7.03. The van der Waals surface area contributed by atoms with Crippen molar-refractivity contribution in [2.75, 3.05) is 5.32 Å². The quantitative estimate of drug-likeness (QED) is 0.281. The zero-order valence-electron chi connectivity index (χ0n) is 22.6. The molecule has 0 spiro atoms. The number of nitrogens with one attached hydrogen (secondary N) is 1. The summed E-state index contributed by atoms with van der Waals surface area (Å²) in [5.41, 5.74) is 3.65. The van der Waals surface area contributed by atoms with Crippen LogP contribution < -0.4 is 15.9 Å². The first kappa shape index (κ1) is 27.6. The Balaban J connectivity index is 2.21. The molecule has 7 nitrogen and oxygen atoms in total. The summed E-state index contributed by atoms with van der Waals surface area (Å²) in [6.07, 6.45) is 15.7. The standard InChI is InChI=1S/C30H36N6O/c1-7-9-10-11-14-21(3)22(4)27-26(8-2)34-28(23-17-24(19-31-18-23)30(5,6)36-37)35-29(27)33-20-25-15-12-13-16-32-25/h8,10-19H,7,9,20H2,1-6H3,(H,33,34,35)/b11-10-,21-14+,26-8+,27-22-. The van der Waals surface area contributed by atoms with Gasteiger partial charge in [0.1, 0.15) is 11.4 Å². The van der Waals surface area contributed by atoms with E-state index < -0.39 is 5.54 Å². The maximum atomic E-state index is 11.4. The predicted octanol–water partition coefficient (Wildman–Crippen LogP) is 5.82. The lowest BCUT2D eigenvalue weighted by Gasteiger charge is -2.16. The summed E-state index contributed by atoms with van der Waals surface area (Å²) in [6.45, 7) is 12.4. The molecule has 7 heteroatoms. The minimum Gasteiger partial charge on any atom is -0.364 e. The van der Waals surface area contributed by atoms with Crippen molar-refractivity contribution in [3.8, 4) is 11.4 Å². The number of aromatic nitrogens is 4. The Bertz CT molecular complexity index is 1410. The van der Waals surface area contributed by atoms with Crippen LogP contribution in [0.2, 0.25) is 0 Å². The number of unbranched alkanes of at least 4 members (excludes halogenated alkanes) is 1. The monoisotopic (exact) mass is 496 g/mol. The van der Waals surface area contributed by atoms with Crippen LogP contribution in [0.15, 0.2) is 71.8 Å². The van der Waals surface area contributed by atoms with Crippen molar-refractivity contribution in [1.82, 2.24) is 19.9 Å². The highest BCUT2D eigenvalue weighted by atomic mass is 16.3. The Morgan fingerprint density at radius 1 is 1.16 bits per heavy atom. The van der Waals surface area contributed by atoms with Crippen LogP contribution >= 0.6 is 0 Å². The second kappa shape index (κ2) is 12.8. The van der Waals surface area contributed by atoms with Gasteiger partial charge in [-0.05, 0) is 70.4 Å². The normalized spacial score (nSPS) is 13.7. The number of nitroso groups, excluding NO2 is 1. The number of anilines is 1. The molecule has 3 aromatic rings. The van der Waals surface area contributed by atoms with Gasteiger partial charge in [0.15, 0.2) is 5.82 Å². The third-order valence-electron chi connectivity index (χ3n) is 6.21. The number of hydrogen-bond acceptors (Lipinski definition) is 7. The van der Waals surface area contributed by atoms with E-state index in [1.54, 1.807) is 32.4 Å². The Kier molecular flexibility index (Phi) is 9.55. The fourth-order valence-corrected chi connectivity index (χ4v) is 3.74. The molecule has 0 radical (unpaired) electrons. The second-order valence-corrected chi connectivity index (χ2v) is 9.42. The zero-order valence-corrected chi connectivity index (χ0v) is 22.6. The molecule has 0 aliphatic carbocycles. The molecule has 3 rings (SSSR count). The Hall–Kier alpha value is -4.00. The van der Waals surface area contributed by atoms with Crippen molar-refractivity contribution in [2.24, 2.45) is 5.18 Å². The predicted molar refractivity (Wildman–Crippen MR) is 152 cm³/mol. The molecule has 0 unspecified atom stereocenters. The Morgan fingerprint density at radius 2 is 1.97 bits per heavy atom. The maximum Gasteiger partial charge on any atom is 0.163 e. The minimum atomic E-state index is -0.902. The summed E-state index contributed by atoms with van der Waals surface area (Å²) in [7, 11) is 0. The number of pyridine rings is 2. The summed E-state index contributed by atoms with van der Waals surface area (Å²) in [5, 5.41) is 8.51. The molecule has 37 heavy (non-hydrogen) atoms. The molecule has 0 saturated heterocycles. The molecule has 0 amide bonds. The summed E-state index contributed by atoms with van der Waals surface area (Å²) >= 11 is 0. The number of allylic oxidation sites excluding steroid dienone is 4. The van der Waals surface area contributed by atoms with Crippen molar-refractivity contribution in [1.29, 1.82) is 0 Å². The molecular formula is C30H36N6O. The smallest absolute Gasteiger partial charge is 0.163 e. The number of nitrogens with zero attached hydrogens (tertiary/aromatic N) is 5. The maximum absolute atomic E-state index is 11.4. The van der Waals surface area contributed by atoms with Crippen LogP contribution in [0, 0.1) is 4.91 Å². The van der Waals surface area contributed by atoms with Crippen LogP contribution in [-0.4, -0.2) is 19.9 Å². The van der Waals surface area contributed by atoms with E-state index in [0.29, 0.717) is 23.8 Å². The summed E-state index contributed by atoms with van der Waals surface area (Å²) in [4.78, 5) is 30.0. The van der Waals surface area contributed by atoms with Crippen LogP contribution in [0.5, 0.6) is 0 Å². The molecule has 0 saturated carbocycles. The highest BCUT2D eigenvalue weighted by Gasteiger charge is 2.22. The van der Waals surface area contributed by atoms with Gasteiger partial charge < -0.3 is 5.32 Å². The number of rotatable bonds is 10. The zero-order chi connectivity index (χ0) is 26.8. The average Bonchev–Trinajstić information content (AvgIpc) is 2.93. The molecular weight excluding hydrogens is 460 g/mol. The van der Waals surface area contributed by atoms with Gasteiger partial charge in [0.05, 0.1) is 17.6 Å². The fourth-order valence-electron chi connectivity index (χ4n) is 3.74. The number of hydrogen-bond donors (Lipinski definition) is 1. The lowest BCUT2D eigenvalue weighted by Crippen LogP contribution is -2.35. The van der Waals surface area contributed by atoms with Crippen molar-refractivity contribution >= 4 is 17.5 Å². The van der Waals surface area contributed by atoms with E-state index in [0.717, 1.165) is 45.8 Å². The van der Waals surface area contributed by atoms with Crippen LogP contribution in [-0.2, 0) is 12.1 Å². The molecule has 0 aromatic carbocycles. The molecule has 3 aromatic heterocycles. The van der Waals surface area contributed by atoms with Gasteiger partial charge in [0, 0.05) is 34.9 Å². The summed E-state index contributed by atoms with van der Waals surface area (Å²) in [6, 6.07) is 7.72. The van der Waals surface area contributed by atoms with Crippen molar-refractivity contribution in [2.45, 2.75) is 66.5 Å². The van der Waals surface area contributed by atoms with Gasteiger partial charge >= 0.3 is 0 Å². The van der Waals surface area contributed by atoms with Gasteiger partial charge in [-0.3, -0.25) is 9.97 Å². The van der Waals surface area contributed by atoms with Crippen molar-refractivity contribution in [3.05, 3.63) is 93.4 Å². The molecule has 0 bridgehead atoms. The van der Waals surface area contributed by atoms with Gasteiger partial charge in [-0.1, -0.05) is 48.9 Å². The van der Waals surface area contributed by atoms with Crippen LogP contribution in [0.1, 0.15) is 65.6 Å². The van der Waals surface area contributed by atoms with Gasteiger partial charge in [-0.25, -0.2) is 9.97 Å². The van der Waals surface area contributed by atoms with E-state index in [1.165, 1.54) is 0 Å². The first-order valence-electron chi connectivity index (χ1n) is 12.6. The van der Waals surface area contributed by atoms with Crippen LogP contribution in [0.4, 0.5) is 5.82 Å². The third-order valence-corrected chi connectivity index (χ3v) is 6.21. The Labute approximate surface area is 219 Å². The lowest BCUT2D eigenvalue weighted by atomic mass is 9.96. The Morgan fingerprint density at radius 3 is 2.65 bits per heavy atom. The largest absolute Gasteiger partial charge is 0.364 e. The topological polar surface area (TPSA) is 93.0 Å². The SMILES string of the molecule is C/C=c1/nc(-c2cncc(C(C)(C)N=O)c2)nc(NCc2ccccn2)/c1=C(C)\C(C)=C\C=C/CCC. The second-order valence-electron chi connectivity index (χ2n) is 9.42. The van der Waals surface area contributed by atoms with E-state index in [9.17, 15) is 4.91 Å². The first-order valence-corrected chi connectivity index (χ1v) is 12.6. The van der Waals surface area contributed by atoms with E-state index in [4.69, 9.17) is 9.97 Å². The van der Waals surface area contributed by atoms with Gasteiger partial charge in [0.2, 0.25) is 0 Å². The lowest BCUT2D eigenvalue weighted by molar-refractivity contribution is 0.550. The summed E-state index contributed by atoms with van der Waals surface area (Å²) < 4.78 is 0. The minimum absolute atomic E-state index is 0.514. The highest BCUT2D eigenvalue weighted by molar-refractivity contribution is 5.67. The summed E-state index contributed by atoms with van der Waals surface area (Å²) in [5.74, 6) is 1.23. The van der Waals surface area contributed by atoms with Crippen LogP contribution in [0.25, 0.3) is 23.0 Å². The average molecular weight is 497 g/mol. The van der Waals surface area contributed by atoms with Gasteiger partial charge in [-0.2, -0.15) is 0 Å². The molecule has 3 heterocycles. The highest BCUT2D eigenvalue weighted by Crippen LogP contribution is 2.26. The molecule has 0 fully saturated rings. The van der Waals surface area contributed by atoms with E-state index in [2.05, 4.69) is 59.5 Å². The molecule has 0 aliphatic heterocycles. The van der Waals surface area contributed by atoms with E-state index >= 15 is 0 Å². The van der Waals surface area contributed by atoms with Gasteiger partial charge in [0.25, 0.3) is 0 Å². The van der Waals surface area contributed by atoms with Crippen molar-refractivity contribution in [3.63, 3.8) is 0 Å². The van der Waals surface area contributed by atoms with Crippen molar-refractivity contribution < 1.29 is 0 Å². The van der Waals surface area contributed by atoms with Crippen LogP contribution in [0.3, 0.4) is 0 Å². The van der Waals surface area contributed by atoms with E-state index in [1.807, 2.05) is 37.3 Å². The molecule has 192 valence electrons. The first-order chi connectivity index (χ1) is 17.8. The molecule has 1 N–H and O–H groups in total. The van der Waals surface area contributed by atoms with Gasteiger partial charge in [-0.15, -0.1) is 4.91 Å². The molecule has 0 aliphatic rings.